The third kappa shape index (κ3) is 3.46. The minimum atomic E-state index is 0.395. The molecule has 0 saturated heterocycles. The highest BCUT2D eigenvalue weighted by molar-refractivity contribution is 6.62. The highest BCUT2D eigenvalue weighted by Gasteiger charge is 2.21. The molecule has 0 radical (unpaired) electrons. The van der Waals surface area contributed by atoms with Gasteiger partial charge in [-0.1, -0.05) is 113 Å². The fraction of sp³-hybridized carbons (Fsp3) is 0. The van der Waals surface area contributed by atoms with Gasteiger partial charge in [-0.2, -0.15) is 0 Å². The standard InChI is InChI=1S/C34H26B4O/c35-30-29(31(36)34(39)33(38)32(30)37)28-24-11-5-3-9-22(24)27(23-10-4-6-12-25(23)28)20-16-15-19-14-13-18-7-1-2-8-21(18)26(19)17-20/h1-17,39H,35-38H2. The number of aromatic hydroxyl groups is 1. The normalized spacial score (nSPS) is 11.6. The highest BCUT2D eigenvalue weighted by Crippen LogP contribution is 2.43. The Hall–Kier alpha value is -4.36. The van der Waals surface area contributed by atoms with Gasteiger partial charge in [0.25, 0.3) is 0 Å². The van der Waals surface area contributed by atoms with Crippen molar-refractivity contribution in [3.05, 3.63) is 103 Å². The van der Waals surface area contributed by atoms with Crippen LogP contribution in [0.4, 0.5) is 0 Å². The van der Waals surface area contributed by atoms with E-state index in [0.717, 1.165) is 22.0 Å². The van der Waals surface area contributed by atoms with Crippen LogP contribution in [0, 0.1) is 0 Å². The second-order valence-corrected chi connectivity index (χ2v) is 10.8. The first-order chi connectivity index (χ1) is 19.0. The zero-order valence-electron chi connectivity index (χ0n) is 22.8. The van der Waals surface area contributed by atoms with E-state index in [1.54, 1.807) is 0 Å². The maximum Gasteiger partial charge on any atom is 0.144 e. The van der Waals surface area contributed by atoms with Crippen molar-refractivity contribution in [2.45, 2.75) is 0 Å². The Morgan fingerprint density at radius 1 is 0.385 bits per heavy atom. The molecule has 0 aliphatic heterocycles. The number of hydrogen-bond donors (Lipinski definition) is 1. The first-order valence-electron chi connectivity index (χ1n) is 13.6. The van der Waals surface area contributed by atoms with Gasteiger partial charge in [0, 0.05) is 0 Å². The summed E-state index contributed by atoms with van der Waals surface area (Å²) in [7, 11) is 8.37. The van der Waals surface area contributed by atoms with Crippen molar-refractivity contribution in [2.24, 2.45) is 0 Å². The van der Waals surface area contributed by atoms with Crippen molar-refractivity contribution >= 4 is 96.3 Å². The molecule has 0 heterocycles. The zero-order valence-corrected chi connectivity index (χ0v) is 22.8. The maximum atomic E-state index is 11.1. The Morgan fingerprint density at radius 2 is 0.872 bits per heavy atom. The van der Waals surface area contributed by atoms with Crippen molar-refractivity contribution in [1.82, 2.24) is 0 Å². The summed E-state index contributed by atoms with van der Waals surface area (Å²) < 4.78 is 0. The molecule has 7 rings (SSSR count). The molecule has 39 heavy (non-hydrogen) atoms. The smallest absolute Gasteiger partial charge is 0.144 e. The van der Waals surface area contributed by atoms with Gasteiger partial charge in [0.2, 0.25) is 0 Å². The van der Waals surface area contributed by atoms with Gasteiger partial charge in [-0.15, -0.1) is 0 Å². The molecule has 0 fully saturated rings. The Kier molecular flexibility index (Phi) is 5.39. The molecule has 1 N–H and O–H groups in total. The molecule has 0 aliphatic carbocycles. The van der Waals surface area contributed by atoms with Crippen molar-refractivity contribution in [1.29, 1.82) is 0 Å². The van der Waals surface area contributed by atoms with Gasteiger partial charge in [0.05, 0.1) is 0 Å². The first kappa shape index (κ1) is 23.7. The van der Waals surface area contributed by atoms with Crippen molar-refractivity contribution in [3.63, 3.8) is 0 Å². The van der Waals surface area contributed by atoms with Gasteiger partial charge in [-0.3, -0.25) is 0 Å². The van der Waals surface area contributed by atoms with E-state index in [2.05, 4.69) is 127 Å². The minimum Gasteiger partial charge on any atom is -0.509 e. The van der Waals surface area contributed by atoms with Crippen LogP contribution in [0.3, 0.4) is 0 Å². The number of phenols is 1. The van der Waals surface area contributed by atoms with E-state index in [4.69, 9.17) is 0 Å². The van der Waals surface area contributed by atoms with Gasteiger partial charge in [-0.25, -0.2) is 0 Å². The summed E-state index contributed by atoms with van der Waals surface area (Å²) in [6.45, 7) is 0. The molecule has 0 aromatic heterocycles. The topological polar surface area (TPSA) is 20.2 Å². The van der Waals surface area contributed by atoms with E-state index in [-0.39, 0.29) is 0 Å². The molecular weight excluding hydrogens is 468 g/mol. The van der Waals surface area contributed by atoms with Crippen LogP contribution >= 0.6 is 0 Å². The Labute approximate surface area is 232 Å². The van der Waals surface area contributed by atoms with Crippen LogP contribution in [-0.2, 0) is 0 Å². The molecular formula is C34H26B4O. The number of hydrogen-bond acceptors (Lipinski definition) is 1. The third-order valence-electron chi connectivity index (χ3n) is 8.80. The molecule has 0 aliphatic rings. The SMILES string of the molecule is Bc1c(B)c(O)c(B)c(-c2c3ccccc3c(-c3ccc4ccc5ccccc5c4c3)c3ccccc23)c1B. The molecule has 0 bridgehead atoms. The molecule has 180 valence electrons. The van der Waals surface area contributed by atoms with Gasteiger partial charge in [-0.05, 0) is 76.9 Å². The van der Waals surface area contributed by atoms with E-state index >= 15 is 0 Å². The Balaban J connectivity index is 1.65. The predicted molar refractivity (Wildman–Crippen MR) is 182 cm³/mol. The summed E-state index contributed by atoms with van der Waals surface area (Å²) in [5.74, 6) is 0.395. The van der Waals surface area contributed by atoms with Crippen LogP contribution in [0.1, 0.15) is 0 Å². The Morgan fingerprint density at radius 3 is 1.49 bits per heavy atom. The average molecular weight is 494 g/mol. The molecule has 0 spiro atoms. The molecule has 0 amide bonds. The maximum absolute atomic E-state index is 11.1. The van der Waals surface area contributed by atoms with Gasteiger partial charge >= 0.3 is 0 Å². The summed E-state index contributed by atoms with van der Waals surface area (Å²) in [5.41, 5.74) is 9.08. The number of rotatable bonds is 2. The van der Waals surface area contributed by atoms with Gasteiger partial charge in [0.1, 0.15) is 37.1 Å². The lowest BCUT2D eigenvalue weighted by Gasteiger charge is -2.23. The first-order valence-corrected chi connectivity index (χ1v) is 13.6. The summed E-state index contributed by atoms with van der Waals surface area (Å²) in [6.07, 6.45) is 0. The van der Waals surface area contributed by atoms with E-state index in [0.29, 0.717) is 5.75 Å². The molecule has 5 heteroatoms. The van der Waals surface area contributed by atoms with Crippen molar-refractivity contribution in [2.75, 3.05) is 0 Å². The van der Waals surface area contributed by atoms with Gasteiger partial charge < -0.3 is 5.11 Å². The summed E-state index contributed by atoms with van der Waals surface area (Å²) in [4.78, 5) is 0. The average Bonchev–Trinajstić information content (AvgIpc) is 2.98. The predicted octanol–water partition coefficient (Wildman–Crippen LogP) is 2.37. The fourth-order valence-electron chi connectivity index (χ4n) is 6.57. The second-order valence-electron chi connectivity index (χ2n) is 10.8. The lowest BCUT2D eigenvalue weighted by atomic mass is 9.64. The molecule has 1 nitrogen and oxygen atoms in total. The van der Waals surface area contributed by atoms with E-state index in [9.17, 15) is 5.11 Å². The zero-order chi connectivity index (χ0) is 26.8. The second kappa shape index (κ2) is 8.85. The minimum absolute atomic E-state index is 0.395. The van der Waals surface area contributed by atoms with Crippen LogP contribution in [0.15, 0.2) is 103 Å². The largest absolute Gasteiger partial charge is 0.509 e. The highest BCUT2D eigenvalue weighted by atomic mass is 16.3. The van der Waals surface area contributed by atoms with Crippen LogP contribution in [0.5, 0.6) is 5.75 Å². The summed E-state index contributed by atoms with van der Waals surface area (Å²) in [6, 6.07) is 37.5. The third-order valence-corrected chi connectivity index (χ3v) is 8.80. The van der Waals surface area contributed by atoms with Crippen LogP contribution in [0.25, 0.3) is 65.3 Å². The monoisotopic (exact) mass is 494 g/mol. The summed E-state index contributed by atoms with van der Waals surface area (Å²) >= 11 is 0. The van der Waals surface area contributed by atoms with Crippen molar-refractivity contribution < 1.29 is 5.11 Å². The lowest BCUT2D eigenvalue weighted by molar-refractivity contribution is 0.484. The molecule has 0 unspecified atom stereocenters. The van der Waals surface area contributed by atoms with Crippen LogP contribution < -0.4 is 21.9 Å². The Bertz CT molecular complexity index is 2050. The van der Waals surface area contributed by atoms with Crippen LogP contribution in [-0.4, -0.2) is 36.5 Å². The quantitative estimate of drug-likeness (QED) is 0.223. The number of phenolic OH excluding ortho intramolecular Hbond substituents is 1. The molecule has 0 saturated carbocycles. The number of benzene rings is 7. The molecule has 7 aromatic rings. The van der Waals surface area contributed by atoms with E-state index in [1.165, 1.54) is 65.2 Å². The van der Waals surface area contributed by atoms with Crippen molar-refractivity contribution in [3.8, 4) is 28.0 Å². The summed E-state index contributed by atoms with van der Waals surface area (Å²) in [5, 5.41) is 21.0. The molecule has 0 atom stereocenters. The van der Waals surface area contributed by atoms with Gasteiger partial charge in [0.15, 0.2) is 0 Å². The van der Waals surface area contributed by atoms with Crippen LogP contribution in [0.2, 0.25) is 0 Å². The fourth-order valence-corrected chi connectivity index (χ4v) is 6.57. The van der Waals surface area contributed by atoms with E-state index < -0.39 is 0 Å². The van der Waals surface area contributed by atoms with E-state index in [1.807, 2.05) is 7.85 Å². The lowest BCUT2D eigenvalue weighted by Crippen LogP contribution is -2.44. The molecule has 7 aromatic carbocycles. The number of fused-ring (bicyclic) bond motifs is 5.